The van der Waals surface area contributed by atoms with Crippen LogP contribution in [0, 0.1) is 0 Å². The maximum absolute atomic E-state index is 12.4. The minimum Gasteiger partial charge on any atom is -0.393 e. The lowest BCUT2D eigenvalue weighted by Crippen LogP contribution is -2.33. The van der Waals surface area contributed by atoms with Gasteiger partial charge in [0.2, 0.25) is 5.91 Å². The summed E-state index contributed by atoms with van der Waals surface area (Å²) in [6.07, 6.45) is 5.57. The number of nitrogens with two attached hydrogens (primary N) is 1. The fourth-order valence-electron chi connectivity index (χ4n) is 2.07. The van der Waals surface area contributed by atoms with E-state index in [1.807, 2.05) is 30.3 Å². The van der Waals surface area contributed by atoms with Crippen LogP contribution in [0.15, 0.2) is 30.3 Å². The highest BCUT2D eigenvalue weighted by Crippen LogP contribution is 2.16. The summed E-state index contributed by atoms with van der Waals surface area (Å²) in [4.78, 5) is 14.6. The molecule has 0 unspecified atom stereocenters. The van der Waals surface area contributed by atoms with Gasteiger partial charge in [0.25, 0.3) is 0 Å². The largest absolute Gasteiger partial charge is 0.393 e. The van der Waals surface area contributed by atoms with E-state index in [9.17, 15) is 4.79 Å². The van der Waals surface area contributed by atoms with Gasteiger partial charge in [-0.05, 0) is 18.6 Å². The van der Waals surface area contributed by atoms with Crippen molar-refractivity contribution >= 4 is 28.8 Å². The first-order chi connectivity index (χ1) is 9.65. The Hall–Kier alpha value is -1.42. The Morgan fingerprint density at radius 2 is 1.85 bits per heavy atom. The summed E-state index contributed by atoms with van der Waals surface area (Å²) >= 11 is 4.91. The van der Waals surface area contributed by atoms with Gasteiger partial charge in [0.15, 0.2) is 0 Å². The molecule has 2 N–H and O–H groups in total. The fourth-order valence-corrected chi connectivity index (χ4v) is 2.16. The Morgan fingerprint density at radius 1 is 1.15 bits per heavy atom. The van der Waals surface area contributed by atoms with E-state index >= 15 is 0 Å². The Labute approximate surface area is 127 Å². The van der Waals surface area contributed by atoms with Crippen LogP contribution in [0.3, 0.4) is 0 Å². The number of hydrogen-bond acceptors (Lipinski definition) is 2. The van der Waals surface area contributed by atoms with E-state index in [2.05, 4.69) is 6.92 Å². The third-order valence-electron chi connectivity index (χ3n) is 3.19. The van der Waals surface area contributed by atoms with Crippen LogP contribution < -0.4 is 10.6 Å². The van der Waals surface area contributed by atoms with Crippen molar-refractivity contribution in [1.29, 1.82) is 0 Å². The van der Waals surface area contributed by atoms with Crippen LogP contribution in [0.5, 0.6) is 0 Å². The number of hydrogen-bond donors (Lipinski definition) is 1. The van der Waals surface area contributed by atoms with Gasteiger partial charge in [0.1, 0.15) is 0 Å². The molecular weight excluding hydrogens is 268 g/mol. The quantitative estimate of drug-likeness (QED) is 0.558. The van der Waals surface area contributed by atoms with Crippen molar-refractivity contribution in [3.8, 4) is 0 Å². The number of amides is 1. The highest BCUT2D eigenvalue weighted by atomic mass is 32.1. The first kappa shape index (κ1) is 16.6. The van der Waals surface area contributed by atoms with Gasteiger partial charge in [-0.3, -0.25) is 4.79 Å². The predicted molar refractivity (Wildman–Crippen MR) is 89.0 cm³/mol. The Morgan fingerprint density at radius 3 is 2.45 bits per heavy atom. The summed E-state index contributed by atoms with van der Waals surface area (Å²) in [5.74, 6) is 0.156. The minimum atomic E-state index is 0.156. The molecule has 0 aromatic heterocycles. The lowest BCUT2D eigenvalue weighted by molar-refractivity contribution is -0.118. The van der Waals surface area contributed by atoms with Crippen molar-refractivity contribution in [3.63, 3.8) is 0 Å². The topological polar surface area (TPSA) is 46.3 Å². The van der Waals surface area contributed by atoms with Gasteiger partial charge in [-0.25, -0.2) is 0 Å². The third kappa shape index (κ3) is 6.15. The van der Waals surface area contributed by atoms with Crippen molar-refractivity contribution in [3.05, 3.63) is 30.3 Å². The van der Waals surface area contributed by atoms with E-state index in [4.69, 9.17) is 18.0 Å². The normalized spacial score (nSPS) is 10.2. The van der Waals surface area contributed by atoms with Gasteiger partial charge in [-0.15, -0.1) is 0 Å². The summed E-state index contributed by atoms with van der Waals surface area (Å²) < 4.78 is 0. The van der Waals surface area contributed by atoms with Crippen LogP contribution in [0.4, 0.5) is 5.69 Å². The van der Waals surface area contributed by atoms with Crippen molar-refractivity contribution in [1.82, 2.24) is 0 Å². The van der Waals surface area contributed by atoms with Crippen LogP contribution in [-0.2, 0) is 4.79 Å². The summed E-state index contributed by atoms with van der Waals surface area (Å²) in [7, 11) is 0. The molecule has 4 heteroatoms. The second-order valence-electron chi connectivity index (χ2n) is 4.91. The van der Waals surface area contributed by atoms with E-state index < -0.39 is 0 Å². The van der Waals surface area contributed by atoms with E-state index in [1.165, 1.54) is 12.8 Å². The number of unbranched alkanes of at least 4 members (excludes halogenated alkanes) is 3. The molecule has 0 saturated carbocycles. The number of para-hydroxylation sites is 1. The molecule has 0 fully saturated rings. The van der Waals surface area contributed by atoms with Gasteiger partial charge in [-0.1, -0.05) is 56.6 Å². The number of rotatable bonds is 9. The lowest BCUT2D eigenvalue weighted by Gasteiger charge is -2.22. The van der Waals surface area contributed by atoms with Crippen LogP contribution in [-0.4, -0.2) is 17.4 Å². The number of thiocarbonyl (C=S) groups is 1. The molecule has 3 nitrogen and oxygen atoms in total. The molecule has 0 aliphatic heterocycles. The van der Waals surface area contributed by atoms with E-state index in [1.54, 1.807) is 4.90 Å². The van der Waals surface area contributed by atoms with Crippen LogP contribution in [0.25, 0.3) is 0 Å². The Bertz CT molecular complexity index is 420. The predicted octanol–water partition coefficient (Wildman–Crippen LogP) is 3.67. The van der Waals surface area contributed by atoms with Crippen molar-refractivity contribution in [2.75, 3.05) is 11.4 Å². The molecule has 20 heavy (non-hydrogen) atoms. The number of benzene rings is 1. The van der Waals surface area contributed by atoms with Gasteiger partial charge >= 0.3 is 0 Å². The van der Waals surface area contributed by atoms with Crippen LogP contribution in [0.1, 0.15) is 45.4 Å². The maximum atomic E-state index is 12.4. The highest BCUT2D eigenvalue weighted by molar-refractivity contribution is 7.80. The standard InChI is InChI=1S/C16H24N2OS/c1-2-3-4-8-11-16(19)18(13-12-15(17)20)14-9-6-5-7-10-14/h5-7,9-10H,2-4,8,11-13H2,1H3,(H2,17,20). The zero-order chi connectivity index (χ0) is 14.8. The number of nitrogens with zero attached hydrogens (tertiary/aromatic N) is 1. The molecule has 0 radical (unpaired) electrons. The summed E-state index contributed by atoms with van der Waals surface area (Å²) in [5.41, 5.74) is 6.47. The summed E-state index contributed by atoms with van der Waals surface area (Å²) in [6.45, 7) is 2.73. The second-order valence-corrected chi connectivity index (χ2v) is 5.43. The number of carbonyl (C=O) groups is 1. The zero-order valence-electron chi connectivity index (χ0n) is 12.2. The molecule has 0 saturated heterocycles. The molecule has 1 rings (SSSR count). The van der Waals surface area contributed by atoms with E-state index in [-0.39, 0.29) is 5.91 Å². The van der Waals surface area contributed by atoms with Crippen molar-refractivity contribution in [2.45, 2.75) is 45.4 Å². The monoisotopic (exact) mass is 292 g/mol. The Kier molecular flexibility index (Phi) is 7.88. The van der Waals surface area contributed by atoms with Crippen molar-refractivity contribution in [2.24, 2.45) is 5.73 Å². The molecule has 1 amide bonds. The van der Waals surface area contributed by atoms with Gasteiger partial charge in [0.05, 0.1) is 4.99 Å². The van der Waals surface area contributed by atoms with Crippen LogP contribution >= 0.6 is 12.2 Å². The molecule has 110 valence electrons. The van der Waals surface area contributed by atoms with Crippen LogP contribution in [0.2, 0.25) is 0 Å². The van der Waals surface area contributed by atoms with Gasteiger partial charge < -0.3 is 10.6 Å². The minimum absolute atomic E-state index is 0.156. The van der Waals surface area contributed by atoms with Crippen molar-refractivity contribution < 1.29 is 4.79 Å². The smallest absolute Gasteiger partial charge is 0.226 e. The Balaban J connectivity index is 2.62. The average molecular weight is 292 g/mol. The molecule has 0 bridgehead atoms. The highest BCUT2D eigenvalue weighted by Gasteiger charge is 2.15. The molecule has 0 heterocycles. The average Bonchev–Trinajstić information content (AvgIpc) is 2.44. The summed E-state index contributed by atoms with van der Waals surface area (Å²) in [6, 6.07) is 9.72. The molecule has 1 aromatic carbocycles. The molecule has 0 spiro atoms. The lowest BCUT2D eigenvalue weighted by atomic mass is 10.1. The zero-order valence-corrected chi connectivity index (χ0v) is 13.0. The molecule has 0 atom stereocenters. The summed E-state index contributed by atoms with van der Waals surface area (Å²) in [5, 5.41) is 0. The van der Waals surface area contributed by atoms with Gasteiger partial charge in [0, 0.05) is 25.1 Å². The SMILES string of the molecule is CCCCCCC(=O)N(CCC(N)=S)c1ccccc1. The van der Waals surface area contributed by atoms with E-state index in [0.29, 0.717) is 24.4 Å². The maximum Gasteiger partial charge on any atom is 0.226 e. The first-order valence-electron chi connectivity index (χ1n) is 7.29. The number of carbonyl (C=O) groups excluding carboxylic acids is 1. The third-order valence-corrected chi connectivity index (χ3v) is 3.40. The first-order valence-corrected chi connectivity index (χ1v) is 7.69. The number of anilines is 1. The molecule has 1 aromatic rings. The molecule has 0 aliphatic rings. The second kappa shape index (κ2) is 9.48. The fraction of sp³-hybridized carbons (Fsp3) is 0.500. The molecule has 0 aliphatic carbocycles. The van der Waals surface area contributed by atoms with Gasteiger partial charge in [-0.2, -0.15) is 0 Å². The molecular formula is C16H24N2OS. The van der Waals surface area contributed by atoms with E-state index in [0.717, 1.165) is 18.5 Å².